The summed E-state index contributed by atoms with van der Waals surface area (Å²) in [7, 11) is 0. The minimum Gasteiger partial charge on any atom is -0.446 e. The minimum atomic E-state index is -0.235. The predicted molar refractivity (Wildman–Crippen MR) is 104 cm³/mol. The number of anilines is 1. The highest BCUT2D eigenvalue weighted by molar-refractivity contribution is 5.90. The van der Waals surface area contributed by atoms with Crippen molar-refractivity contribution in [1.29, 1.82) is 0 Å². The van der Waals surface area contributed by atoms with Crippen LogP contribution in [-0.2, 0) is 16.0 Å². The van der Waals surface area contributed by atoms with Crippen LogP contribution in [0.3, 0.4) is 0 Å². The SMILES string of the molecule is Cc1cnc(CC(=O)Nc2cc([C@H]3CC[C@@H](OC(=O)N4[C@@H](C)C[C@@H]4C)C3)[nH]n2)o1. The average Bonchev–Trinajstić information content (AvgIpc) is 3.36. The Morgan fingerprint density at radius 3 is 2.79 bits per heavy atom. The third kappa shape index (κ3) is 4.28. The zero-order chi connectivity index (χ0) is 20.5. The van der Waals surface area contributed by atoms with Gasteiger partial charge in [0, 0.05) is 29.8 Å². The van der Waals surface area contributed by atoms with Crippen LogP contribution in [0.5, 0.6) is 0 Å². The third-order valence-electron chi connectivity index (χ3n) is 5.78. The van der Waals surface area contributed by atoms with Crippen LogP contribution in [0.1, 0.15) is 62.8 Å². The van der Waals surface area contributed by atoms with Gasteiger partial charge in [0.05, 0.1) is 6.20 Å². The van der Waals surface area contributed by atoms with Gasteiger partial charge in [0.1, 0.15) is 18.3 Å². The van der Waals surface area contributed by atoms with Crippen molar-refractivity contribution in [2.75, 3.05) is 5.32 Å². The van der Waals surface area contributed by atoms with E-state index in [0.717, 1.165) is 31.4 Å². The van der Waals surface area contributed by atoms with Gasteiger partial charge in [0.2, 0.25) is 11.8 Å². The lowest BCUT2D eigenvalue weighted by Gasteiger charge is -2.44. The number of carbonyl (C=O) groups excluding carboxylic acids is 2. The molecule has 2 aliphatic rings. The van der Waals surface area contributed by atoms with Crippen molar-refractivity contribution in [1.82, 2.24) is 20.1 Å². The number of likely N-dealkylation sites (tertiary alicyclic amines) is 1. The standard InChI is InChI=1S/C20H27N5O4/c1-11-6-12(2)25(11)20(27)29-15-5-4-14(7-15)16-8-17(24-23-16)22-18(26)9-19-21-10-13(3)28-19/h8,10-12,14-15H,4-7,9H2,1-3H3,(H2,22,23,24,26)/t11-,12-,14-,15+/m0/s1. The molecule has 0 unspecified atom stereocenters. The zero-order valence-corrected chi connectivity index (χ0v) is 17.0. The van der Waals surface area contributed by atoms with Crippen molar-refractivity contribution >= 4 is 17.8 Å². The molecule has 2 amide bonds. The molecule has 1 aliphatic heterocycles. The molecule has 1 aliphatic carbocycles. The number of hydrogen-bond acceptors (Lipinski definition) is 6. The smallest absolute Gasteiger partial charge is 0.410 e. The first-order valence-electron chi connectivity index (χ1n) is 10.1. The van der Waals surface area contributed by atoms with Crippen molar-refractivity contribution in [3.05, 3.63) is 29.6 Å². The lowest BCUT2D eigenvalue weighted by atomic mass is 9.97. The predicted octanol–water partition coefficient (Wildman–Crippen LogP) is 3.14. The number of H-pyrrole nitrogens is 1. The largest absolute Gasteiger partial charge is 0.446 e. The molecular formula is C20H27N5O4. The minimum absolute atomic E-state index is 0.0604. The number of amides is 2. The van der Waals surface area contributed by atoms with Gasteiger partial charge in [-0.15, -0.1) is 0 Å². The quantitative estimate of drug-likeness (QED) is 0.796. The first-order chi connectivity index (χ1) is 13.9. The second kappa shape index (κ2) is 7.88. The van der Waals surface area contributed by atoms with Gasteiger partial charge >= 0.3 is 6.09 Å². The molecule has 3 heterocycles. The van der Waals surface area contributed by atoms with E-state index in [0.29, 0.717) is 17.5 Å². The first-order valence-corrected chi connectivity index (χ1v) is 10.1. The van der Waals surface area contributed by atoms with E-state index in [1.54, 1.807) is 13.1 Å². The summed E-state index contributed by atoms with van der Waals surface area (Å²) in [6.07, 6.45) is 4.88. The van der Waals surface area contributed by atoms with Crippen molar-refractivity contribution in [2.45, 2.75) is 77.0 Å². The Balaban J connectivity index is 1.27. The summed E-state index contributed by atoms with van der Waals surface area (Å²) >= 11 is 0. The molecule has 2 N–H and O–H groups in total. The van der Waals surface area contributed by atoms with Gasteiger partial charge in [-0.2, -0.15) is 5.10 Å². The summed E-state index contributed by atoms with van der Waals surface area (Å²) in [6, 6.07) is 2.36. The van der Waals surface area contributed by atoms with Crippen LogP contribution in [0.2, 0.25) is 0 Å². The number of hydrogen-bond donors (Lipinski definition) is 2. The summed E-state index contributed by atoms with van der Waals surface area (Å²) in [5.74, 6) is 1.51. The maximum absolute atomic E-state index is 12.3. The number of aryl methyl sites for hydroxylation is 1. The number of oxazole rings is 1. The van der Waals surface area contributed by atoms with E-state index in [1.807, 2.05) is 24.8 Å². The van der Waals surface area contributed by atoms with Gasteiger partial charge in [-0.1, -0.05) is 0 Å². The number of nitrogens with zero attached hydrogens (tertiary/aromatic N) is 3. The summed E-state index contributed by atoms with van der Waals surface area (Å²) < 4.78 is 11.0. The van der Waals surface area contributed by atoms with E-state index in [1.165, 1.54) is 0 Å². The summed E-state index contributed by atoms with van der Waals surface area (Å²) in [5, 5.41) is 9.93. The monoisotopic (exact) mass is 401 g/mol. The maximum Gasteiger partial charge on any atom is 0.410 e. The number of aromatic nitrogens is 3. The molecule has 4 atom stereocenters. The van der Waals surface area contributed by atoms with E-state index in [9.17, 15) is 9.59 Å². The van der Waals surface area contributed by atoms with Crippen LogP contribution in [-0.4, -0.2) is 50.3 Å². The Morgan fingerprint density at radius 1 is 1.31 bits per heavy atom. The molecule has 0 bridgehead atoms. The van der Waals surface area contributed by atoms with Crippen LogP contribution < -0.4 is 5.32 Å². The second-order valence-electron chi connectivity index (χ2n) is 8.15. The van der Waals surface area contributed by atoms with Crippen molar-refractivity contribution < 1.29 is 18.7 Å². The molecule has 2 aromatic rings. The Hall–Kier alpha value is -2.84. The number of rotatable bonds is 5. The third-order valence-corrected chi connectivity index (χ3v) is 5.78. The topological polar surface area (TPSA) is 113 Å². The van der Waals surface area contributed by atoms with E-state index >= 15 is 0 Å². The fourth-order valence-electron chi connectivity index (χ4n) is 4.33. The molecule has 0 radical (unpaired) electrons. The van der Waals surface area contributed by atoms with Crippen LogP contribution >= 0.6 is 0 Å². The molecule has 0 aromatic carbocycles. The molecular weight excluding hydrogens is 374 g/mol. The molecule has 156 valence electrons. The second-order valence-corrected chi connectivity index (χ2v) is 8.15. The molecule has 4 rings (SSSR count). The van der Waals surface area contributed by atoms with Crippen LogP contribution in [0.25, 0.3) is 0 Å². The van der Waals surface area contributed by atoms with Gasteiger partial charge in [-0.25, -0.2) is 9.78 Å². The molecule has 29 heavy (non-hydrogen) atoms. The van der Waals surface area contributed by atoms with E-state index < -0.39 is 0 Å². The van der Waals surface area contributed by atoms with Crippen LogP contribution in [0.4, 0.5) is 10.6 Å². The van der Waals surface area contributed by atoms with Gasteiger partial charge in [0.25, 0.3) is 0 Å². The van der Waals surface area contributed by atoms with Crippen LogP contribution in [0, 0.1) is 6.92 Å². The maximum atomic E-state index is 12.3. The van der Waals surface area contributed by atoms with Gasteiger partial charge < -0.3 is 19.4 Å². The van der Waals surface area contributed by atoms with Crippen molar-refractivity contribution in [2.24, 2.45) is 0 Å². The van der Waals surface area contributed by atoms with E-state index in [-0.39, 0.29) is 42.5 Å². The molecule has 2 fully saturated rings. The molecule has 9 nitrogen and oxygen atoms in total. The summed E-state index contributed by atoms with van der Waals surface area (Å²) in [5.41, 5.74) is 0.941. The highest BCUT2D eigenvalue weighted by Gasteiger charge is 2.39. The summed E-state index contributed by atoms with van der Waals surface area (Å²) in [6.45, 7) is 5.87. The highest BCUT2D eigenvalue weighted by atomic mass is 16.6. The number of ether oxygens (including phenoxy) is 1. The Labute approximate surface area is 169 Å². The average molecular weight is 401 g/mol. The number of carbonyl (C=O) groups is 2. The number of aromatic amines is 1. The van der Waals surface area contributed by atoms with Gasteiger partial charge in [-0.05, 0) is 46.5 Å². The van der Waals surface area contributed by atoms with Gasteiger partial charge in [0.15, 0.2) is 5.82 Å². The molecule has 1 saturated carbocycles. The molecule has 2 aromatic heterocycles. The Bertz CT molecular complexity index is 883. The zero-order valence-electron chi connectivity index (χ0n) is 17.0. The van der Waals surface area contributed by atoms with Crippen LogP contribution in [0.15, 0.2) is 16.7 Å². The van der Waals surface area contributed by atoms with E-state index in [4.69, 9.17) is 9.15 Å². The lowest BCUT2D eigenvalue weighted by molar-refractivity contribution is -0.115. The first kappa shape index (κ1) is 19.5. The van der Waals surface area contributed by atoms with Gasteiger partial charge in [-0.3, -0.25) is 9.89 Å². The summed E-state index contributed by atoms with van der Waals surface area (Å²) in [4.78, 5) is 30.3. The Morgan fingerprint density at radius 2 is 2.10 bits per heavy atom. The fourth-order valence-corrected chi connectivity index (χ4v) is 4.33. The highest BCUT2D eigenvalue weighted by Crippen LogP contribution is 2.37. The number of nitrogens with one attached hydrogen (secondary N) is 2. The Kier molecular flexibility index (Phi) is 5.29. The lowest BCUT2D eigenvalue weighted by Crippen LogP contribution is -2.56. The van der Waals surface area contributed by atoms with E-state index in [2.05, 4.69) is 20.5 Å². The molecule has 9 heteroatoms. The normalized spacial score (nSPS) is 26.2. The van der Waals surface area contributed by atoms with Crippen molar-refractivity contribution in [3.63, 3.8) is 0 Å². The fraction of sp³-hybridized carbons (Fsp3) is 0.600. The van der Waals surface area contributed by atoms with Crippen molar-refractivity contribution in [3.8, 4) is 0 Å². The molecule has 0 spiro atoms. The molecule has 1 saturated heterocycles.